The van der Waals surface area contributed by atoms with Crippen LogP contribution in [-0.4, -0.2) is 36.7 Å². The number of aliphatic carboxylic acids is 1. The number of hydrogen-bond acceptors (Lipinski definition) is 7. The van der Waals surface area contributed by atoms with Gasteiger partial charge in [0.15, 0.2) is 5.82 Å². The lowest BCUT2D eigenvalue weighted by atomic mass is 10.2. The predicted octanol–water partition coefficient (Wildman–Crippen LogP) is 1.85. The van der Waals surface area contributed by atoms with Gasteiger partial charge in [0.25, 0.3) is 0 Å². The first-order chi connectivity index (χ1) is 11.2. The molecule has 0 fully saturated rings. The summed E-state index contributed by atoms with van der Waals surface area (Å²) in [5, 5.41) is 17.5. The minimum absolute atomic E-state index is 0.100. The lowest BCUT2D eigenvalue weighted by Gasteiger charge is -2.11. The second-order valence-electron chi connectivity index (χ2n) is 4.47. The quantitative estimate of drug-likeness (QED) is 0.632. The lowest BCUT2D eigenvalue weighted by Crippen LogP contribution is -2.17. The summed E-state index contributed by atoms with van der Waals surface area (Å²) in [5.41, 5.74) is 3.97. The number of hydrogen-bond donors (Lipinski definition) is 2. The first-order valence-corrected chi connectivity index (χ1v) is 7.69. The summed E-state index contributed by atoms with van der Waals surface area (Å²) < 4.78 is 6.95. The van der Waals surface area contributed by atoms with E-state index in [9.17, 15) is 4.79 Å². The highest BCUT2D eigenvalue weighted by molar-refractivity contribution is 7.99. The zero-order valence-electron chi connectivity index (χ0n) is 11.9. The molecule has 0 radical (unpaired) electrons. The number of aromatic nitrogens is 4. The van der Waals surface area contributed by atoms with Crippen LogP contribution in [0.5, 0.6) is 0 Å². The van der Waals surface area contributed by atoms with Crippen molar-refractivity contribution in [1.29, 1.82) is 0 Å². The van der Waals surface area contributed by atoms with E-state index in [0.717, 1.165) is 23.1 Å². The van der Waals surface area contributed by atoms with E-state index in [1.807, 2.05) is 6.07 Å². The predicted molar refractivity (Wildman–Crippen MR) is 83.4 cm³/mol. The van der Waals surface area contributed by atoms with Crippen LogP contribution in [0.4, 0.5) is 0 Å². The van der Waals surface area contributed by atoms with Gasteiger partial charge in [-0.2, -0.15) is 0 Å². The number of furan rings is 1. The van der Waals surface area contributed by atoms with Gasteiger partial charge in [-0.25, -0.2) is 4.68 Å². The maximum Gasteiger partial charge on any atom is 0.313 e. The van der Waals surface area contributed by atoms with Crippen LogP contribution in [0.2, 0.25) is 0 Å². The third-order valence-corrected chi connectivity index (χ3v) is 3.80. The van der Waals surface area contributed by atoms with E-state index >= 15 is 0 Å². The number of thioether (sulfide) groups is 1. The summed E-state index contributed by atoms with van der Waals surface area (Å²) in [4.78, 5) is 14.8. The molecule has 0 bridgehead atoms. The van der Waals surface area contributed by atoms with Gasteiger partial charge in [-0.3, -0.25) is 9.78 Å². The molecule has 0 atom stereocenters. The Bertz CT molecular complexity index is 773. The maximum atomic E-state index is 10.8. The maximum absolute atomic E-state index is 10.8. The molecule has 9 heteroatoms. The molecule has 2 N–H and O–H groups in total. The van der Waals surface area contributed by atoms with Crippen LogP contribution in [-0.2, 0) is 11.3 Å². The van der Waals surface area contributed by atoms with Gasteiger partial charge in [0.2, 0.25) is 5.16 Å². The zero-order valence-corrected chi connectivity index (χ0v) is 12.7. The third-order valence-electron chi connectivity index (χ3n) is 2.89. The Kier molecular flexibility index (Phi) is 4.57. The summed E-state index contributed by atoms with van der Waals surface area (Å²) in [7, 11) is 0. The minimum Gasteiger partial charge on any atom is -0.481 e. The van der Waals surface area contributed by atoms with E-state index in [1.54, 1.807) is 41.5 Å². The number of carboxylic acid groups (broad SMARTS) is 1. The van der Waals surface area contributed by atoms with Gasteiger partial charge in [-0.15, -0.1) is 10.2 Å². The van der Waals surface area contributed by atoms with Crippen molar-refractivity contribution in [3.8, 4) is 11.4 Å². The molecule has 0 saturated carbocycles. The topological polar surface area (TPSA) is 106 Å². The smallest absolute Gasteiger partial charge is 0.313 e. The van der Waals surface area contributed by atoms with E-state index in [-0.39, 0.29) is 5.75 Å². The van der Waals surface area contributed by atoms with Crippen molar-refractivity contribution >= 4 is 17.7 Å². The van der Waals surface area contributed by atoms with Gasteiger partial charge >= 0.3 is 5.97 Å². The van der Waals surface area contributed by atoms with Crippen LogP contribution < -0.4 is 5.43 Å². The van der Waals surface area contributed by atoms with Gasteiger partial charge in [0, 0.05) is 18.0 Å². The molecule has 3 rings (SSSR count). The monoisotopic (exact) mass is 331 g/mol. The summed E-state index contributed by atoms with van der Waals surface area (Å²) in [5.74, 6) is 0.304. The second-order valence-corrected chi connectivity index (χ2v) is 5.42. The van der Waals surface area contributed by atoms with Crippen LogP contribution in [0.15, 0.2) is 52.5 Å². The Morgan fingerprint density at radius 2 is 2.13 bits per heavy atom. The molecule has 0 amide bonds. The molecular weight excluding hydrogens is 318 g/mol. The van der Waals surface area contributed by atoms with Crippen molar-refractivity contribution in [3.05, 3.63) is 48.7 Å². The number of carbonyl (C=O) groups is 1. The lowest BCUT2D eigenvalue weighted by molar-refractivity contribution is -0.133. The van der Waals surface area contributed by atoms with Gasteiger partial charge in [-0.1, -0.05) is 11.8 Å². The number of rotatable bonds is 7. The number of carboxylic acids is 1. The van der Waals surface area contributed by atoms with Gasteiger partial charge in [-0.05, 0) is 24.3 Å². The highest BCUT2D eigenvalue weighted by Gasteiger charge is 2.15. The molecular formula is C14H13N5O3S. The van der Waals surface area contributed by atoms with Crippen LogP contribution in [0.1, 0.15) is 5.76 Å². The Hall–Kier alpha value is -2.81. The van der Waals surface area contributed by atoms with Crippen molar-refractivity contribution in [2.75, 3.05) is 11.2 Å². The van der Waals surface area contributed by atoms with Crippen molar-refractivity contribution in [2.45, 2.75) is 11.7 Å². The number of pyridine rings is 1. The molecule has 0 unspecified atom stereocenters. The fourth-order valence-electron chi connectivity index (χ4n) is 1.89. The molecule has 3 aromatic heterocycles. The molecule has 0 aliphatic carbocycles. The number of nitrogens with one attached hydrogen (secondary N) is 1. The Morgan fingerprint density at radius 1 is 1.30 bits per heavy atom. The molecule has 118 valence electrons. The van der Waals surface area contributed by atoms with Crippen molar-refractivity contribution in [2.24, 2.45) is 0 Å². The highest BCUT2D eigenvalue weighted by Crippen LogP contribution is 2.22. The first-order valence-electron chi connectivity index (χ1n) is 6.70. The second kappa shape index (κ2) is 6.97. The molecule has 0 aliphatic rings. The van der Waals surface area contributed by atoms with Crippen LogP contribution >= 0.6 is 11.8 Å². The van der Waals surface area contributed by atoms with Gasteiger partial charge in [0.1, 0.15) is 5.76 Å². The van der Waals surface area contributed by atoms with Crippen molar-refractivity contribution in [3.63, 3.8) is 0 Å². The number of nitrogens with zero attached hydrogens (tertiary/aromatic N) is 4. The summed E-state index contributed by atoms with van der Waals surface area (Å²) >= 11 is 1.09. The highest BCUT2D eigenvalue weighted by atomic mass is 32.2. The SMILES string of the molecule is O=C(O)CSc1nnc(-c2ccncc2)n1NCc1ccco1. The Balaban J connectivity index is 1.87. The normalized spacial score (nSPS) is 10.6. The largest absolute Gasteiger partial charge is 0.481 e. The first kappa shape index (κ1) is 15.1. The molecule has 0 aromatic carbocycles. The summed E-state index contributed by atoms with van der Waals surface area (Å²) in [6.07, 6.45) is 4.91. The fourth-order valence-corrected chi connectivity index (χ4v) is 2.52. The summed E-state index contributed by atoms with van der Waals surface area (Å²) in [6.45, 7) is 0.420. The van der Waals surface area contributed by atoms with E-state index < -0.39 is 5.97 Å². The van der Waals surface area contributed by atoms with Crippen molar-refractivity contribution in [1.82, 2.24) is 19.9 Å². The Labute approximate surface area is 135 Å². The van der Waals surface area contributed by atoms with Gasteiger partial charge < -0.3 is 14.9 Å². The average Bonchev–Trinajstić information content (AvgIpc) is 3.21. The van der Waals surface area contributed by atoms with Gasteiger partial charge in [0.05, 0.1) is 18.6 Å². The minimum atomic E-state index is -0.916. The van der Waals surface area contributed by atoms with E-state index in [1.165, 1.54) is 0 Å². The molecule has 3 heterocycles. The molecule has 23 heavy (non-hydrogen) atoms. The molecule has 0 aliphatic heterocycles. The molecule has 8 nitrogen and oxygen atoms in total. The summed E-state index contributed by atoms with van der Waals surface area (Å²) in [6, 6.07) is 7.25. The fraction of sp³-hybridized carbons (Fsp3) is 0.143. The Morgan fingerprint density at radius 3 is 2.83 bits per heavy atom. The third kappa shape index (κ3) is 3.69. The van der Waals surface area contributed by atoms with Crippen molar-refractivity contribution < 1.29 is 14.3 Å². The van der Waals surface area contributed by atoms with Crippen LogP contribution in [0.25, 0.3) is 11.4 Å². The molecule has 0 spiro atoms. The van der Waals surface area contributed by atoms with Crippen LogP contribution in [0.3, 0.4) is 0 Å². The van der Waals surface area contributed by atoms with E-state index in [2.05, 4.69) is 20.6 Å². The van der Waals surface area contributed by atoms with Crippen LogP contribution in [0, 0.1) is 0 Å². The van der Waals surface area contributed by atoms with E-state index in [0.29, 0.717) is 17.5 Å². The zero-order chi connectivity index (χ0) is 16.1. The molecule has 0 saturated heterocycles. The standard InChI is InChI=1S/C14H13N5O3S/c20-12(21)9-23-14-18-17-13(10-3-5-15-6-4-10)19(14)16-8-11-2-1-7-22-11/h1-7,16H,8-9H2,(H,20,21). The average molecular weight is 331 g/mol. The van der Waals surface area contributed by atoms with E-state index in [4.69, 9.17) is 9.52 Å². The molecule has 3 aromatic rings.